The molecule has 1 heterocycles. The fourth-order valence-electron chi connectivity index (χ4n) is 3.18. The number of rotatable bonds is 5. The van der Waals surface area contributed by atoms with Crippen molar-refractivity contribution in [1.29, 1.82) is 0 Å². The second kappa shape index (κ2) is 6.48. The molecule has 0 spiro atoms. The summed E-state index contributed by atoms with van der Waals surface area (Å²) in [5.74, 6) is -0.0115. The van der Waals surface area contributed by atoms with Crippen LogP contribution in [0.3, 0.4) is 0 Å². The molecule has 1 aliphatic heterocycles. The Labute approximate surface area is 142 Å². The van der Waals surface area contributed by atoms with Crippen LogP contribution in [0.4, 0.5) is 5.69 Å². The third kappa shape index (κ3) is 3.04. The SMILES string of the molecule is Cc1cc(C)cc(OCCCN2C(=O)C(=O)c3cccc(C)c32)c1. The summed E-state index contributed by atoms with van der Waals surface area (Å²) in [6.07, 6.45) is 0.666. The monoisotopic (exact) mass is 323 g/mol. The van der Waals surface area contributed by atoms with Gasteiger partial charge in [0, 0.05) is 6.54 Å². The fraction of sp³-hybridized carbons (Fsp3) is 0.300. The van der Waals surface area contributed by atoms with Gasteiger partial charge in [0.1, 0.15) is 5.75 Å². The van der Waals surface area contributed by atoms with E-state index in [-0.39, 0.29) is 0 Å². The van der Waals surface area contributed by atoms with Crippen LogP contribution in [0.1, 0.15) is 33.5 Å². The second-order valence-electron chi connectivity index (χ2n) is 6.28. The number of ketones is 1. The van der Waals surface area contributed by atoms with Gasteiger partial charge in [0.2, 0.25) is 0 Å². The number of para-hydroxylation sites is 1. The van der Waals surface area contributed by atoms with Crippen molar-refractivity contribution in [1.82, 2.24) is 0 Å². The van der Waals surface area contributed by atoms with Gasteiger partial charge in [-0.15, -0.1) is 0 Å². The van der Waals surface area contributed by atoms with Crippen molar-refractivity contribution in [2.75, 3.05) is 18.1 Å². The van der Waals surface area contributed by atoms with Gasteiger partial charge in [-0.2, -0.15) is 0 Å². The molecule has 124 valence electrons. The predicted molar refractivity (Wildman–Crippen MR) is 93.9 cm³/mol. The number of nitrogens with zero attached hydrogens (tertiary/aromatic N) is 1. The number of carbonyl (C=O) groups excluding carboxylic acids is 2. The van der Waals surface area contributed by atoms with Crippen molar-refractivity contribution in [3.05, 3.63) is 58.7 Å². The minimum absolute atomic E-state index is 0.413. The number of fused-ring (bicyclic) bond motifs is 1. The molecule has 0 aromatic heterocycles. The first-order valence-corrected chi connectivity index (χ1v) is 8.14. The Balaban J connectivity index is 1.63. The molecule has 0 saturated carbocycles. The summed E-state index contributed by atoms with van der Waals surface area (Å²) in [6, 6.07) is 11.5. The molecule has 4 heteroatoms. The van der Waals surface area contributed by atoms with E-state index in [9.17, 15) is 9.59 Å². The van der Waals surface area contributed by atoms with Gasteiger partial charge in [0.25, 0.3) is 11.7 Å². The molecular formula is C20H21NO3. The topological polar surface area (TPSA) is 46.6 Å². The average molecular weight is 323 g/mol. The van der Waals surface area contributed by atoms with E-state index in [1.54, 1.807) is 11.0 Å². The van der Waals surface area contributed by atoms with Crippen LogP contribution in [-0.4, -0.2) is 24.8 Å². The molecule has 1 amide bonds. The van der Waals surface area contributed by atoms with Gasteiger partial charge in [0.15, 0.2) is 0 Å². The van der Waals surface area contributed by atoms with E-state index >= 15 is 0 Å². The van der Waals surface area contributed by atoms with E-state index in [1.165, 1.54) is 0 Å². The summed E-state index contributed by atoms with van der Waals surface area (Å²) >= 11 is 0. The summed E-state index contributed by atoms with van der Waals surface area (Å²) in [5.41, 5.74) is 4.53. The molecule has 0 fully saturated rings. The molecule has 4 nitrogen and oxygen atoms in total. The Kier molecular flexibility index (Phi) is 4.38. The summed E-state index contributed by atoms with van der Waals surface area (Å²) in [6.45, 7) is 6.97. The largest absolute Gasteiger partial charge is 0.494 e. The van der Waals surface area contributed by atoms with Crippen LogP contribution >= 0.6 is 0 Å². The Morgan fingerprint density at radius 1 is 1.00 bits per heavy atom. The minimum Gasteiger partial charge on any atom is -0.494 e. The standard InChI is InChI=1S/C20H21NO3/c1-13-10-14(2)12-16(11-13)24-9-5-8-21-18-15(3)6-4-7-17(18)19(22)20(21)23/h4,6-7,10-12H,5,8-9H2,1-3H3. The zero-order valence-electron chi connectivity index (χ0n) is 14.3. The van der Waals surface area contributed by atoms with Crippen molar-refractivity contribution < 1.29 is 14.3 Å². The molecule has 1 aliphatic rings. The summed E-state index contributed by atoms with van der Waals surface area (Å²) in [4.78, 5) is 25.9. The van der Waals surface area contributed by atoms with Crippen molar-refractivity contribution in [2.24, 2.45) is 0 Å². The van der Waals surface area contributed by atoms with Crippen LogP contribution in [-0.2, 0) is 4.79 Å². The van der Waals surface area contributed by atoms with Gasteiger partial charge in [-0.1, -0.05) is 18.2 Å². The van der Waals surface area contributed by atoms with E-state index in [0.717, 1.165) is 28.1 Å². The van der Waals surface area contributed by atoms with Crippen LogP contribution in [0.5, 0.6) is 5.75 Å². The quantitative estimate of drug-likeness (QED) is 0.624. The van der Waals surface area contributed by atoms with E-state index < -0.39 is 11.7 Å². The van der Waals surface area contributed by atoms with Crippen molar-refractivity contribution in [3.63, 3.8) is 0 Å². The third-order valence-corrected chi connectivity index (χ3v) is 4.18. The van der Waals surface area contributed by atoms with Crippen LogP contribution in [0, 0.1) is 20.8 Å². The predicted octanol–water partition coefficient (Wildman–Crippen LogP) is 3.61. The number of anilines is 1. The Morgan fingerprint density at radius 3 is 2.42 bits per heavy atom. The number of ether oxygens (including phenoxy) is 1. The number of hydrogen-bond donors (Lipinski definition) is 0. The van der Waals surface area contributed by atoms with E-state index in [1.807, 2.05) is 45.0 Å². The number of carbonyl (C=O) groups is 2. The lowest BCUT2D eigenvalue weighted by atomic mass is 10.1. The molecule has 0 saturated heterocycles. The summed E-state index contributed by atoms with van der Waals surface area (Å²) in [5, 5.41) is 0. The van der Waals surface area contributed by atoms with Gasteiger partial charge >= 0.3 is 0 Å². The Bertz CT molecular complexity index is 790. The molecule has 0 radical (unpaired) electrons. The number of Topliss-reactive ketones (excluding diaryl/α,β-unsaturated/α-hetero) is 1. The highest BCUT2D eigenvalue weighted by Gasteiger charge is 2.36. The number of benzene rings is 2. The molecule has 0 aliphatic carbocycles. The first kappa shape index (κ1) is 16.2. The highest BCUT2D eigenvalue weighted by atomic mass is 16.5. The highest BCUT2D eigenvalue weighted by molar-refractivity contribution is 6.52. The molecule has 0 atom stereocenters. The molecule has 24 heavy (non-hydrogen) atoms. The van der Waals surface area contributed by atoms with Crippen LogP contribution < -0.4 is 9.64 Å². The third-order valence-electron chi connectivity index (χ3n) is 4.18. The van der Waals surface area contributed by atoms with Crippen LogP contribution in [0.2, 0.25) is 0 Å². The van der Waals surface area contributed by atoms with E-state index in [0.29, 0.717) is 25.1 Å². The molecule has 3 rings (SSSR count). The average Bonchev–Trinajstić information content (AvgIpc) is 2.77. The Morgan fingerprint density at radius 2 is 1.71 bits per heavy atom. The van der Waals surface area contributed by atoms with Gasteiger partial charge < -0.3 is 9.64 Å². The van der Waals surface area contributed by atoms with Crippen LogP contribution in [0.15, 0.2) is 36.4 Å². The van der Waals surface area contributed by atoms with Crippen molar-refractivity contribution in [3.8, 4) is 5.75 Å². The van der Waals surface area contributed by atoms with Gasteiger partial charge in [-0.05, 0) is 62.1 Å². The smallest absolute Gasteiger partial charge is 0.299 e. The molecular weight excluding hydrogens is 302 g/mol. The van der Waals surface area contributed by atoms with Gasteiger partial charge in [0.05, 0.1) is 17.9 Å². The maximum absolute atomic E-state index is 12.2. The lowest BCUT2D eigenvalue weighted by Crippen LogP contribution is -2.31. The number of hydrogen-bond acceptors (Lipinski definition) is 3. The first-order valence-electron chi connectivity index (χ1n) is 8.14. The second-order valence-corrected chi connectivity index (χ2v) is 6.28. The molecule has 0 unspecified atom stereocenters. The van der Waals surface area contributed by atoms with Crippen LogP contribution in [0.25, 0.3) is 0 Å². The number of aryl methyl sites for hydroxylation is 3. The minimum atomic E-state index is -0.439. The summed E-state index contributed by atoms with van der Waals surface area (Å²) < 4.78 is 5.78. The first-order chi connectivity index (χ1) is 11.5. The summed E-state index contributed by atoms with van der Waals surface area (Å²) in [7, 11) is 0. The molecule has 2 aromatic rings. The van der Waals surface area contributed by atoms with Crippen molar-refractivity contribution in [2.45, 2.75) is 27.2 Å². The normalized spacial score (nSPS) is 13.4. The lowest BCUT2D eigenvalue weighted by molar-refractivity contribution is -0.114. The van der Waals surface area contributed by atoms with E-state index in [4.69, 9.17) is 4.74 Å². The highest BCUT2D eigenvalue weighted by Crippen LogP contribution is 2.32. The molecule has 2 aromatic carbocycles. The molecule has 0 N–H and O–H groups in total. The van der Waals surface area contributed by atoms with Gasteiger partial charge in [-0.3, -0.25) is 9.59 Å². The zero-order valence-corrected chi connectivity index (χ0v) is 14.3. The Hall–Kier alpha value is -2.62. The maximum Gasteiger partial charge on any atom is 0.299 e. The van der Waals surface area contributed by atoms with Crippen molar-refractivity contribution >= 4 is 17.4 Å². The lowest BCUT2D eigenvalue weighted by Gasteiger charge is -2.18. The van der Waals surface area contributed by atoms with E-state index in [2.05, 4.69) is 6.07 Å². The number of amides is 1. The molecule has 0 bridgehead atoms. The van der Waals surface area contributed by atoms with Gasteiger partial charge in [-0.25, -0.2) is 0 Å². The fourth-order valence-corrected chi connectivity index (χ4v) is 3.18. The zero-order chi connectivity index (χ0) is 17.3. The maximum atomic E-state index is 12.2.